The Morgan fingerprint density at radius 2 is 0.867 bits per heavy atom. The molecule has 0 bridgehead atoms. The molecule has 15 heavy (non-hydrogen) atoms. The summed E-state index contributed by atoms with van der Waals surface area (Å²) < 4.78 is 36.4. The Morgan fingerprint density at radius 3 is 1.00 bits per heavy atom. The van der Waals surface area contributed by atoms with Crippen LogP contribution in [0.5, 0.6) is 0 Å². The molecular weight excluding hydrogens is 281 g/mol. The van der Waals surface area contributed by atoms with E-state index in [1.807, 2.05) is 0 Å². The number of phosphoric acid groups is 3. The predicted octanol–water partition coefficient (Wildman–Crippen LogP) is -0.371. The van der Waals surface area contributed by atoms with Crippen LogP contribution in [0, 0.1) is 0 Å². The maximum atomic E-state index is 10.4. The average molecular weight is 292 g/mol. The summed E-state index contributed by atoms with van der Waals surface area (Å²) in [5, 5.41) is 0. The highest BCUT2D eigenvalue weighted by Gasteiger charge is 2.38. The van der Waals surface area contributed by atoms with Gasteiger partial charge in [0.1, 0.15) is 0 Å². The smallest absolute Gasteiger partial charge is 0.344 e. The van der Waals surface area contributed by atoms with Gasteiger partial charge < -0.3 is 36.8 Å². The molecule has 0 rings (SSSR count). The number of rotatable bonds is 4. The van der Waals surface area contributed by atoms with Crippen LogP contribution in [0.4, 0.5) is 0 Å². The van der Waals surface area contributed by atoms with Gasteiger partial charge in [0.25, 0.3) is 0 Å². The molecule has 0 aromatic heterocycles. The molecule has 0 aromatic rings. The van der Waals surface area contributed by atoms with E-state index in [1.165, 1.54) is 0 Å². The lowest BCUT2D eigenvalue weighted by Gasteiger charge is -2.11. The topological polar surface area (TPSA) is 241 Å². The molecular formula is H11N2O10P3. The first kappa shape index (κ1) is 20.7. The van der Waals surface area contributed by atoms with Gasteiger partial charge in [0.15, 0.2) is 0 Å². The Balaban J connectivity index is -0.000000720. The molecule has 0 spiro atoms. The van der Waals surface area contributed by atoms with Crippen molar-refractivity contribution in [2.45, 2.75) is 0 Å². The molecule has 0 aromatic carbocycles. The first-order chi connectivity index (χ1) is 5.41. The molecule has 11 N–H and O–H groups in total. The minimum Gasteiger partial charge on any atom is -0.344 e. The fourth-order valence-electron chi connectivity index (χ4n) is 0.284. The minimum absolute atomic E-state index is 0. The molecule has 96 valence electrons. The van der Waals surface area contributed by atoms with Crippen LogP contribution < -0.4 is 12.3 Å². The predicted molar refractivity (Wildman–Crippen MR) is 46.1 cm³/mol. The first-order valence-electron chi connectivity index (χ1n) is 2.28. The normalized spacial score (nSPS) is 12.6. The second-order valence-corrected chi connectivity index (χ2v) is 5.82. The summed E-state index contributed by atoms with van der Waals surface area (Å²) in [5.41, 5.74) is 0. The summed E-state index contributed by atoms with van der Waals surface area (Å²) in [6.07, 6.45) is 0. The highest BCUT2D eigenvalue weighted by molar-refractivity contribution is 7.66. The zero-order chi connectivity index (χ0) is 10.9. The van der Waals surface area contributed by atoms with E-state index in [2.05, 4.69) is 8.62 Å². The van der Waals surface area contributed by atoms with Crippen LogP contribution in [-0.4, -0.2) is 24.5 Å². The SMILES string of the molecule is N.N.O=P(O)(O)OP(=O)(O)OP(=O)(O)O. The van der Waals surface area contributed by atoms with Crippen molar-refractivity contribution in [2.75, 3.05) is 0 Å². The highest BCUT2D eigenvalue weighted by atomic mass is 31.3. The third-order valence-corrected chi connectivity index (χ3v) is 3.77. The Hall–Kier alpha value is 0.330. The van der Waals surface area contributed by atoms with Crippen molar-refractivity contribution in [1.82, 2.24) is 12.3 Å². The minimum atomic E-state index is -5.46. The molecule has 0 heterocycles. The molecule has 0 unspecified atom stereocenters. The molecule has 0 fully saturated rings. The number of hydrogen-bond donors (Lipinski definition) is 7. The lowest BCUT2D eigenvalue weighted by atomic mass is 14.0. The van der Waals surface area contributed by atoms with E-state index in [1.54, 1.807) is 0 Å². The maximum absolute atomic E-state index is 10.4. The monoisotopic (exact) mass is 292 g/mol. The second-order valence-electron chi connectivity index (χ2n) is 1.61. The Kier molecular flexibility index (Phi) is 8.50. The Morgan fingerprint density at radius 1 is 0.667 bits per heavy atom. The van der Waals surface area contributed by atoms with Crippen LogP contribution in [0.2, 0.25) is 0 Å². The van der Waals surface area contributed by atoms with Crippen LogP contribution in [0.3, 0.4) is 0 Å². The van der Waals surface area contributed by atoms with Gasteiger partial charge in [-0.15, -0.1) is 0 Å². The molecule has 0 saturated carbocycles. The fraction of sp³-hybridized carbons (Fsp3) is 0. The van der Waals surface area contributed by atoms with Gasteiger partial charge in [-0.25, -0.2) is 13.7 Å². The van der Waals surface area contributed by atoms with E-state index in [-0.39, 0.29) is 12.3 Å². The molecule has 12 nitrogen and oxygen atoms in total. The van der Waals surface area contributed by atoms with Crippen molar-refractivity contribution in [2.24, 2.45) is 0 Å². The van der Waals surface area contributed by atoms with Crippen molar-refractivity contribution < 1.29 is 46.8 Å². The Labute approximate surface area is 83.5 Å². The lowest BCUT2D eigenvalue weighted by Crippen LogP contribution is -1.91. The zero-order valence-electron chi connectivity index (χ0n) is 7.03. The molecule has 0 aliphatic heterocycles. The molecule has 0 saturated heterocycles. The van der Waals surface area contributed by atoms with Gasteiger partial charge >= 0.3 is 23.5 Å². The van der Waals surface area contributed by atoms with Crippen LogP contribution >= 0.6 is 23.5 Å². The van der Waals surface area contributed by atoms with E-state index in [9.17, 15) is 13.7 Å². The zero-order valence-corrected chi connectivity index (χ0v) is 9.72. The molecule has 0 radical (unpaired) electrons. The summed E-state index contributed by atoms with van der Waals surface area (Å²) in [6, 6.07) is 0. The molecule has 15 heteroatoms. The quantitative estimate of drug-likeness (QED) is 0.328. The van der Waals surface area contributed by atoms with E-state index in [4.69, 9.17) is 24.5 Å². The molecule has 0 atom stereocenters. The lowest BCUT2D eigenvalue weighted by molar-refractivity contribution is 0.204. The second kappa shape index (κ2) is 6.16. The van der Waals surface area contributed by atoms with E-state index < -0.39 is 23.5 Å². The van der Waals surface area contributed by atoms with Crippen molar-refractivity contribution in [3.05, 3.63) is 0 Å². The van der Waals surface area contributed by atoms with Crippen molar-refractivity contribution in [3.63, 3.8) is 0 Å². The van der Waals surface area contributed by atoms with Gasteiger partial charge in [-0.05, 0) is 0 Å². The van der Waals surface area contributed by atoms with Gasteiger partial charge in [-0.3, -0.25) is 0 Å². The third-order valence-electron chi connectivity index (χ3n) is 0.419. The van der Waals surface area contributed by atoms with Crippen molar-refractivity contribution >= 4 is 23.5 Å². The summed E-state index contributed by atoms with van der Waals surface area (Å²) >= 11 is 0. The molecule has 0 amide bonds. The first-order valence-corrected chi connectivity index (χ1v) is 6.83. The Bertz CT molecular complexity index is 281. The molecule has 0 aliphatic rings. The van der Waals surface area contributed by atoms with Crippen LogP contribution in [-0.2, 0) is 22.3 Å². The van der Waals surface area contributed by atoms with Gasteiger partial charge in [-0.1, -0.05) is 0 Å². The average Bonchev–Trinajstić information content (AvgIpc) is 1.43. The standard InChI is InChI=1S/2H3N.H5O10P3/c;;1-11(2,3)9-13(7,8)10-12(4,5)6/h2*1H3;(H,7,8)(H2,1,2,3)(H2,4,5,6). The van der Waals surface area contributed by atoms with Gasteiger partial charge in [0.05, 0.1) is 0 Å². The van der Waals surface area contributed by atoms with E-state index in [0.717, 1.165) is 0 Å². The summed E-state index contributed by atoms with van der Waals surface area (Å²) in [7, 11) is -16.2. The van der Waals surface area contributed by atoms with Crippen molar-refractivity contribution in [1.29, 1.82) is 0 Å². The fourth-order valence-corrected chi connectivity index (χ4v) is 2.82. The van der Waals surface area contributed by atoms with Crippen molar-refractivity contribution in [3.8, 4) is 0 Å². The van der Waals surface area contributed by atoms with Crippen LogP contribution in [0.1, 0.15) is 0 Å². The van der Waals surface area contributed by atoms with Gasteiger partial charge in [0.2, 0.25) is 0 Å². The van der Waals surface area contributed by atoms with Gasteiger partial charge in [0, 0.05) is 0 Å². The largest absolute Gasteiger partial charge is 0.490 e. The summed E-state index contributed by atoms with van der Waals surface area (Å²) in [5.74, 6) is 0. The molecule has 0 aliphatic carbocycles. The summed E-state index contributed by atoms with van der Waals surface area (Å²) in [4.78, 5) is 40.2. The van der Waals surface area contributed by atoms with E-state index >= 15 is 0 Å². The maximum Gasteiger partial charge on any atom is 0.490 e. The highest BCUT2D eigenvalue weighted by Crippen LogP contribution is 2.64. The van der Waals surface area contributed by atoms with Crippen LogP contribution in [0.25, 0.3) is 0 Å². The number of hydrogen-bond acceptors (Lipinski definition) is 7. The summed E-state index contributed by atoms with van der Waals surface area (Å²) in [6.45, 7) is 0. The van der Waals surface area contributed by atoms with Gasteiger partial charge in [-0.2, -0.15) is 8.62 Å². The van der Waals surface area contributed by atoms with Crippen LogP contribution in [0.15, 0.2) is 0 Å². The van der Waals surface area contributed by atoms with E-state index in [0.29, 0.717) is 0 Å². The third kappa shape index (κ3) is 14.3.